The van der Waals surface area contributed by atoms with Crippen LogP contribution in [0.25, 0.3) is 0 Å². The van der Waals surface area contributed by atoms with Crippen molar-refractivity contribution < 1.29 is 27.5 Å². The van der Waals surface area contributed by atoms with Gasteiger partial charge in [-0.1, -0.05) is 6.07 Å². The molecule has 0 radical (unpaired) electrons. The molecule has 2 aliphatic heterocycles. The van der Waals surface area contributed by atoms with Gasteiger partial charge < -0.3 is 19.5 Å². The summed E-state index contributed by atoms with van der Waals surface area (Å²) in [7, 11) is 1.54. The largest absolute Gasteiger partial charge is 0.497 e. The fourth-order valence-corrected chi connectivity index (χ4v) is 4.02. The molecular weight excluding hydrogens is 415 g/mol. The predicted molar refractivity (Wildman–Crippen MR) is 103 cm³/mol. The van der Waals surface area contributed by atoms with Crippen LogP contribution >= 0.6 is 0 Å². The minimum atomic E-state index is -4.25. The van der Waals surface area contributed by atoms with Gasteiger partial charge in [-0.15, -0.1) is 10.2 Å². The van der Waals surface area contributed by atoms with Crippen LogP contribution in [0.3, 0.4) is 0 Å². The molecule has 0 bridgehead atoms. The molecule has 2 aromatic rings. The molecule has 2 aliphatic rings. The number of alkyl halides is 3. The zero-order valence-corrected chi connectivity index (χ0v) is 16.9. The summed E-state index contributed by atoms with van der Waals surface area (Å²) in [6.07, 6.45) is -4.43. The van der Waals surface area contributed by atoms with E-state index in [-0.39, 0.29) is 56.5 Å². The number of aromatic nitrogens is 3. The van der Waals surface area contributed by atoms with Crippen LogP contribution in [0.5, 0.6) is 5.75 Å². The van der Waals surface area contributed by atoms with Crippen molar-refractivity contribution in [2.24, 2.45) is 11.8 Å². The number of amides is 2. The summed E-state index contributed by atoms with van der Waals surface area (Å²) in [5.41, 5.74) is 0.658. The summed E-state index contributed by atoms with van der Waals surface area (Å²) in [6, 6.07) is 7.04. The van der Waals surface area contributed by atoms with Gasteiger partial charge in [-0.25, -0.2) is 0 Å². The predicted octanol–water partition coefficient (Wildman–Crippen LogP) is 2.08. The number of benzene rings is 1. The minimum absolute atomic E-state index is 0.0396. The number of nitrogens with one attached hydrogen (secondary N) is 1. The lowest BCUT2D eigenvalue weighted by atomic mass is 9.97. The second-order valence-electron chi connectivity index (χ2n) is 7.74. The first-order valence-corrected chi connectivity index (χ1v) is 9.96. The summed E-state index contributed by atoms with van der Waals surface area (Å²) < 4.78 is 45.6. The van der Waals surface area contributed by atoms with Crippen LogP contribution in [0.15, 0.2) is 24.3 Å². The van der Waals surface area contributed by atoms with Gasteiger partial charge in [-0.05, 0) is 18.6 Å². The second-order valence-corrected chi connectivity index (χ2v) is 7.74. The van der Waals surface area contributed by atoms with E-state index in [1.807, 2.05) is 0 Å². The average molecular weight is 437 g/mol. The van der Waals surface area contributed by atoms with E-state index in [1.165, 1.54) is 7.11 Å². The fourth-order valence-electron chi connectivity index (χ4n) is 4.02. The van der Waals surface area contributed by atoms with E-state index in [0.717, 1.165) is 0 Å². The molecule has 1 N–H and O–H groups in total. The Morgan fingerprint density at radius 1 is 1.29 bits per heavy atom. The Kier molecular flexibility index (Phi) is 5.59. The van der Waals surface area contributed by atoms with Crippen molar-refractivity contribution in [2.75, 3.05) is 18.6 Å². The van der Waals surface area contributed by atoms with E-state index in [4.69, 9.17) is 4.74 Å². The number of rotatable bonds is 5. The lowest BCUT2D eigenvalue weighted by molar-refractivity contribution is -0.179. The van der Waals surface area contributed by atoms with Gasteiger partial charge in [-0.3, -0.25) is 9.59 Å². The van der Waals surface area contributed by atoms with Crippen molar-refractivity contribution in [2.45, 2.75) is 38.5 Å². The van der Waals surface area contributed by atoms with Crippen LogP contribution in [-0.2, 0) is 29.1 Å². The molecule has 1 aromatic carbocycles. The molecule has 4 rings (SSSR count). The summed E-state index contributed by atoms with van der Waals surface area (Å²) >= 11 is 0. The molecule has 166 valence electrons. The van der Waals surface area contributed by atoms with Crippen LogP contribution in [0.1, 0.15) is 24.5 Å². The van der Waals surface area contributed by atoms with E-state index < -0.39 is 18.0 Å². The number of halogens is 3. The molecule has 1 fully saturated rings. The van der Waals surface area contributed by atoms with Gasteiger partial charge in [0, 0.05) is 37.7 Å². The Bertz CT molecular complexity index is 991. The van der Waals surface area contributed by atoms with Crippen molar-refractivity contribution in [3.63, 3.8) is 0 Å². The van der Waals surface area contributed by atoms with Gasteiger partial charge in [-0.2, -0.15) is 13.2 Å². The maximum atomic E-state index is 12.9. The number of hydrogen-bond donors (Lipinski definition) is 1. The second kappa shape index (κ2) is 8.20. The molecule has 2 amide bonds. The number of hydrogen-bond acceptors (Lipinski definition) is 5. The highest BCUT2D eigenvalue weighted by atomic mass is 19.4. The first-order valence-electron chi connectivity index (χ1n) is 9.96. The summed E-state index contributed by atoms with van der Waals surface area (Å²) in [5, 5.41) is 10.6. The van der Waals surface area contributed by atoms with Gasteiger partial charge in [0.25, 0.3) is 0 Å². The Labute approximate surface area is 176 Å². The van der Waals surface area contributed by atoms with E-state index in [1.54, 1.807) is 33.7 Å². The molecule has 11 heteroatoms. The number of fused-ring (bicyclic) bond motifs is 1. The fraction of sp³-hybridized carbons (Fsp3) is 0.500. The number of methoxy groups -OCH3 is 1. The molecule has 1 aromatic heterocycles. The Balaban J connectivity index is 1.36. The van der Waals surface area contributed by atoms with Crippen LogP contribution < -0.4 is 15.0 Å². The molecule has 0 aliphatic carbocycles. The maximum Gasteiger partial charge on any atom is 0.392 e. The topological polar surface area (TPSA) is 89.3 Å². The van der Waals surface area contributed by atoms with E-state index in [2.05, 4.69) is 15.5 Å². The standard InChI is InChI=1S/C20H22F3N5O3/c1-31-15-4-2-3-14(9-15)28-11-12(7-18(28)29)19(30)24-10-17-26-25-16-8-13(20(21,22)23)5-6-27(16)17/h2-4,9,12-13H,5-8,10-11H2,1H3,(H,24,30)/t12-,13+/m1/s1. The molecule has 0 saturated carbocycles. The third kappa shape index (κ3) is 4.35. The van der Waals surface area contributed by atoms with Gasteiger partial charge >= 0.3 is 6.18 Å². The highest BCUT2D eigenvalue weighted by molar-refractivity contribution is 6.00. The summed E-state index contributed by atoms with van der Waals surface area (Å²) in [6.45, 7) is 0.443. The molecule has 0 unspecified atom stereocenters. The first kappa shape index (κ1) is 21.1. The molecule has 0 spiro atoms. The van der Waals surface area contributed by atoms with E-state index in [0.29, 0.717) is 17.3 Å². The highest BCUT2D eigenvalue weighted by Gasteiger charge is 2.42. The van der Waals surface area contributed by atoms with Crippen LogP contribution in [0, 0.1) is 11.8 Å². The van der Waals surface area contributed by atoms with Crippen LogP contribution in [-0.4, -0.2) is 46.4 Å². The molecule has 3 heterocycles. The SMILES string of the molecule is COc1cccc(N2C[C@H](C(=O)NCc3nnc4n3CC[C@H](C(F)(F)F)C4)CC2=O)c1. The number of nitrogens with zero attached hydrogens (tertiary/aromatic N) is 4. The molecule has 31 heavy (non-hydrogen) atoms. The lowest BCUT2D eigenvalue weighted by Crippen LogP contribution is -2.34. The first-order chi connectivity index (χ1) is 14.8. The number of anilines is 1. The highest BCUT2D eigenvalue weighted by Crippen LogP contribution is 2.34. The lowest BCUT2D eigenvalue weighted by Gasteiger charge is -2.25. The van der Waals surface area contributed by atoms with Gasteiger partial charge in [0.15, 0.2) is 5.82 Å². The van der Waals surface area contributed by atoms with E-state index >= 15 is 0 Å². The quantitative estimate of drug-likeness (QED) is 0.774. The maximum absolute atomic E-state index is 12.9. The Hall–Kier alpha value is -3.11. The summed E-state index contributed by atoms with van der Waals surface area (Å²) in [5.74, 6) is -1.11. The third-order valence-electron chi connectivity index (χ3n) is 5.78. The Morgan fingerprint density at radius 3 is 2.84 bits per heavy atom. The van der Waals surface area contributed by atoms with Crippen molar-refractivity contribution in [3.8, 4) is 5.75 Å². The monoisotopic (exact) mass is 437 g/mol. The zero-order valence-electron chi connectivity index (χ0n) is 16.9. The van der Waals surface area contributed by atoms with Crippen LogP contribution in [0.2, 0.25) is 0 Å². The van der Waals surface area contributed by atoms with E-state index in [9.17, 15) is 22.8 Å². The van der Waals surface area contributed by atoms with Crippen molar-refractivity contribution in [1.82, 2.24) is 20.1 Å². The average Bonchev–Trinajstić information content (AvgIpc) is 3.34. The zero-order chi connectivity index (χ0) is 22.2. The number of ether oxygens (including phenoxy) is 1. The third-order valence-corrected chi connectivity index (χ3v) is 5.78. The summed E-state index contributed by atoms with van der Waals surface area (Å²) in [4.78, 5) is 26.6. The molecular formula is C20H22F3N5O3. The minimum Gasteiger partial charge on any atom is -0.497 e. The Morgan fingerprint density at radius 2 is 2.10 bits per heavy atom. The van der Waals surface area contributed by atoms with Crippen molar-refractivity contribution in [3.05, 3.63) is 35.9 Å². The van der Waals surface area contributed by atoms with Gasteiger partial charge in [0.05, 0.1) is 25.5 Å². The number of carbonyl (C=O) groups is 2. The van der Waals surface area contributed by atoms with Crippen molar-refractivity contribution in [1.29, 1.82) is 0 Å². The normalized spacial score (nSPS) is 21.2. The smallest absolute Gasteiger partial charge is 0.392 e. The number of carbonyl (C=O) groups excluding carboxylic acids is 2. The van der Waals surface area contributed by atoms with Crippen molar-refractivity contribution >= 4 is 17.5 Å². The molecule has 2 atom stereocenters. The molecule has 8 nitrogen and oxygen atoms in total. The van der Waals surface area contributed by atoms with Gasteiger partial charge in [0.1, 0.15) is 11.6 Å². The molecule has 1 saturated heterocycles. The van der Waals surface area contributed by atoms with Gasteiger partial charge in [0.2, 0.25) is 11.8 Å². The van der Waals surface area contributed by atoms with Crippen LogP contribution in [0.4, 0.5) is 18.9 Å².